The van der Waals surface area contributed by atoms with Crippen molar-refractivity contribution in [2.75, 3.05) is 62.2 Å². The van der Waals surface area contributed by atoms with Gasteiger partial charge in [-0.05, 0) is 105 Å². The standard InChI is InChI=1S/C41H49F4N5O4/c1-3-6-36(39(52)46-27-51)50-26-31-25-32(10-13-34(31)40(50)53)48-22-20-47(21-23-48)17-4-5-24-54-33-11-8-29(9-12-33)30-15-18-49(19-16-30)35-14-7-28(2)37(38(35)42)41(43,44)45/h7-14,25,27,30,36H,3-6,15-24,26H2,1-2H3,(H,46,51,52). The number of unbranched alkanes of at least 4 members (excludes halogenated alkanes) is 1. The molecule has 0 bridgehead atoms. The zero-order valence-electron chi connectivity index (χ0n) is 31.0. The summed E-state index contributed by atoms with van der Waals surface area (Å²) in [6, 6.07) is 16.1. The van der Waals surface area contributed by atoms with Crippen molar-refractivity contribution in [1.29, 1.82) is 0 Å². The zero-order chi connectivity index (χ0) is 38.4. The van der Waals surface area contributed by atoms with Crippen LogP contribution < -0.4 is 19.9 Å². The molecule has 3 aromatic rings. The first-order valence-corrected chi connectivity index (χ1v) is 19.0. The number of benzene rings is 3. The highest BCUT2D eigenvalue weighted by Crippen LogP contribution is 2.39. The molecule has 1 unspecified atom stereocenters. The number of nitrogens with one attached hydrogen (secondary N) is 1. The molecular weight excluding hydrogens is 702 g/mol. The van der Waals surface area contributed by atoms with E-state index < -0.39 is 29.5 Å². The number of aryl methyl sites for hydroxylation is 1. The number of rotatable bonds is 14. The van der Waals surface area contributed by atoms with Crippen LogP contribution in [0.4, 0.5) is 28.9 Å². The van der Waals surface area contributed by atoms with Gasteiger partial charge in [-0.15, -0.1) is 0 Å². The fourth-order valence-corrected chi connectivity index (χ4v) is 8.04. The first-order valence-electron chi connectivity index (χ1n) is 19.0. The van der Waals surface area contributed by atoms with Crippen LogP contribution in [0, 0.1) is 12.7 Å². The molecule has 2 fully saturated rings. The third kappa shape index (κ3) is 8.83. The van der Waals surface area contributed by atoms with Crippen LogP contribution >= 0.6 is 0 Å². The highest BCUT2D eigenvalue weighted by Gasteiger charge is 2.38. The summed E-state index contributed by atoms with van der Waals surface area (Å²) >= 11 is 0. The Kier molecular flexibility index (Phi) is 12.5. The van der Waals surface area contributed by atoms with E-state index in [4.69, 9.17) is 4.74 Å². The molecule has 6 rings (SSSR count). The summed E-state index contributed by atoms with van der Waals surface area (Å²) in [7, 11) is 0. The molecule has 9 nitrogen and oxygen atoms in total. The Bertz CT molecular complexity index is 1790. The number of carbonyl (C=O) groups excluding carboxylic acids is 3. The van der Waals surface area contributed by atoms with Crippen molar-refractivity contribution in [2.24, 2.45) is 0 Å². The molecule has 3 heterocycles. The lowest BCUT2D eigenvalue weighted by molar-refractivity contribution is -0.140. The van der Waals surface area contributed by atoms with Crippen LogP contribution in [-0.2, 0) is 22.3 Å². The van der Waals surface area contributed by atoms with E-state index in [0.717, 1.165) is 81.0 Å². The van der Waals surface area contributed by atoms with Crippen molar-refractivity contribution in [3.8, 4) is 5.75 Å². The molecular formula is C41H49F4N5O4. The second-order valence-corrected chi connectivity index (χ2v) is 14.5. The van der Waals surface area contributed by atoms with Gasteiger partial charge in [0.15, 0.2) is 5.82 Å². The average molecular weight is 752 g/mol. The van der Waals surface area contributed by atoms with E-state index in [1.807, 2.05) is 31.2 Å². The number of carbonyl (C=O) groups is 3. The molecule has 54 heavy (non-hydrogen) atoms. The van der Waals surface area contributed by atoms with E-state index in [9.17, 15) is 31.9 Å². The van der Waals surface area contributed by atoms with Crippen molar-refractivity contribution in [2.45, 2.75) is 77.1 Å². The van der Waals surface area contributed by atoms with Gasteiger partial charge in [0.1, 0.15) is 11.8 Å². The first kappa shape index (κ1) is 39.1. The van der Waals surface area contributed by atoms with E-state index in [1.54, 1.807) is 9.80 Å². The Morgan fingerprint density at radius 3 is 2.35 bits per heavy atom. The van der Waals surface area contributed by atoms with Crippen molar-refractivity contribution in [3.63, 3.8) is 0 Å². The number of ether oxygens (including phenoxy) is 1. The number of fused-ring (bicyclic) bond motifs is 1. The molecule has 0 saturated carbocycles. The number of alkyl halides is 3. The first-order chi connectivity index (χ1) is 26.0. The fourth-order valence-electron chi connectivity index (χ4n) is 8.04. The minimum atomic E-state index is -4.73. The van der Waals surface area contributed by atoms with Crippen LogP contribution in [0.2, 0.25) is 0 Å². The molecule has 0 spiro atoms. The third-order valence-corrected chi connectivity index (χ3v) is 11.0. The second kappa shape index (κ2) is 17.2. The number of piperidine rings is 1. The van der Waals surface area contributed by atoms with E-state index >= 15 is 0 Å². The van der Waals surface area contributed by atoms with Crippen molar-refractivity contribution in [3.05, 3.63) is 88.2 Å². The lowest BCUT2D eigenvalue weighted by atomic mass is 9.89. The van der Waals surface area contributed by atoms with Crippen LogP contribution in [0.25, 0.3) is 0 Å². The number of nitrogens with zero attached hydrogens (tertiary/aromatic N) is 4. The van der Waals surface area contributed by atoms with Gasteiger partial charge in [-0.2, -0.15) is 13.2 Å². The van der Waals surface area contributed by atoms with Crippen LogP contribution in [0.1, 0.15) is 84.0 Å². The Hall–Kier alpha value is -4.65. The molecule has 0 aromatic heterocycles. The van der Waals surface area contributed by atoms with Crippen LogP contribution in [-0.4, -0.2) is 86.5 Å². The molecule has 2 saturated heterocycles. The Morgan fingerprint density at radius 1 is 0.963 bits per heavy atom. The van der Waals surface area contributed by atoms with Gasteiger partial charge in [0.2, 0.25) is 12.3 Å². The van der Waals surface area contributed by atoms with Gasteiger partial charge in [-0.3, -0.25) is 24.6 Å². The van der Waals surface area contributed by atoms with E-state index in [-0.39, 0.29) is 23.1 Å². The number of hydrogen-bond donors (Lipinski definition) is 1. The fraction of sp³-hybridized carbons (Fsp3) is 0.488. The van der Waals surface area contributed by atoms with Gasteiger partial charge >= 0.3 is 6.18 Å². The van der Waals surface area contributed by atoms with Crippen molar-refractivity contribution < 1.29 is 36.7 Å². The Balaban J connectivity index is 0.894. The normalized spacial score (nSPS) is 17.4. The van der Waals surface area contributed by atoms with Crippen molar-refractivity contribution in [1.82, 2.24) is 15.1 Å². The maximum atomic E-state index is 14.9. The van der Waals surface area contributed by atoms with E-state index in [0.29, 0.717) is 51.1 Å². The largest absolute Gasteiger partial charge is 0.494 e. The maximum Gasteiger partial charge on any atom is 0.419 e. The van der Waals surface area contributed by atoms with Gasteiger partial charge in [-0.25, -0.2) is 4.39 Å². The summed E-state index contributed by atoms with van der Waals surface area (Å²) in [5.74, 6) is -0.764. The van der Waals surface area contributed by atoms with Crippen LogP contribution in [0.3, 0.4) is 0 Å². The predicted molar refractivity (Wildman–Crippen MR) is 199 cm³/mol. The second-order valence-electron chi connectivity index (χ2n) is 14.5. The number of imide groups is 1. The summed E-state index contributed by atoms with van der Waals surface area (Å²) in [5.41, 5.74) is 2.46. The molecule has 1 atom stereocenters. The number of hydrogen-bond acceptors (Lipinski definition) is 7. The van der Waals surface area contributed by atoms with Crippen molar-refractivity contribution >= 4 is 29.6 Å². The quantitative estimate of drug-likeness (QED) is 0.109. The van der Waals surface area contributed by atoms with Gasteiger partial charge < -0.3 is 19.4 Å². The molecule has 0 radical (unpaired) electrons. The average Bonchev–Trinajstić information content (AvgIpc) is 3.48. The lowest BCUT2D eigenvalue weighted by Crippen LogP contribution is -2.46. The molecule has 290 valence electrons. The van der Waals surface area contributed by atoms with Gasteiger partial charge in [-0.1, -0.05) is 31.5 Å². The smallest absolute Gasteiger partial charge is 0.419 e. The molecule has 3 aliphatic rings. The number of amides is 3. The zero-order valence-corrected chi connectivity index (χ0v) is 31.0. The van der Waals surface area contributed by atoms with E-state index in [2.05, 4.69) is 33.3 Å². The summed E-state index contributed by atoms with van der Waals surface area (Å²) in [6.45, 7) is 9.75. The Labute approximate surface area is 314 Å². The monoisotopic (exact) mass is 751 g/mol. The summed E-state index contributed by atoms with van der Waals surface area (Å²) in [4.78, 5) is 44.6. The van der Waals surface area contributed by atoms with Gasteiger partial charge in [0.05, 0.1) is 17.9 Å². The molecule has 1 N–H and O–H groups in total. The number of anilines is 2. The van der Waals surface area contributed by atoms with E-state index in [1.165, 1.54) is 19.1 Å². The minimum Gasteiger partial charge on any atom is -0.494 e. The van der Waals surface area contributed by atoms with Crippen LogP contribution in [0.15, 0.2) is 54.6 Å². The molecule has 13 heteroatoms. The summed E-state index contributed by atoms with van der Waals surface area (Å²) < 4.78 is 61.2. The third-order valence-electron chi connectivity index (χ3n) is 11.0. The highest BCUT2D eigenvalue weighted by atomic mass is 19.4. The molecule has 3 amide bonds. The maximum absolute atomic E-state index is 14.9. The summed E-state index contributed by atoms with van der Waals surface area (Å²) in [6.07, 6.45) is 0.212. The SMILES string of the molecule is CCCC(C(=O)NC=O)N1Cc2cc(N3CCN(CCCCOc4ccc(C5CCN(c6ccc(C)c(C(F)(F)F)c6F)CC5)cc4)CC3)ccc2C1=O. The predicted octanol–water partition coefficient (Wildman–Crippen LogP) is 6.92. The highest BCUT2D eigenvalue weighted by molar-refractivity contribution is 6.02. The number of halogens is 4. The van der Waals surface area contributed by atoms with Gasteiger partial charge in [0, 0.05) is 57.1 Å². The molecule has 3 aliphatic heterocycles. The molecule has 3 aromatic carbocycles. The summed E-state index contributed by atoms with van der Waals surface area (Å²) in [5, 5.41) is 2.21. The lowest BCUT2D eigenvalue weighted by Gasteiger charge is -2.36. The van der Waals surface area contributed by atoms with Gasteiger partial charge in [0.25, 0.3) is 5.91 Å². The Morgan fingerprint density at radius 2 is 1.69 bits per heavy atom. The molecule has 0 aliphatic carbocycles. The minimum absolute atomic E-state index is 0.0174. The van der Waals surface area contributed by atoms with Crippen LogP contribution in [0.5, 0.6) is 5.75 Å². The number of piperazine rings is 1. The topological polar surface area (TPSA) is 85.4 Å².